The molecule has 2 aliphatic heterocycles. The second-order valence-electron chi connectivity index (χ2n) is 7.66. The summed E-state index contributed by atoms with van der Waals surface area (Å²) >= 11 is 0. The van der Waals surface area contributed by atoms with E-state index >= 15 is 0 Å². The van der Waals surface area contributed by atoms with Crippen LogP contribution in [0.1, 0.15) is 24.1 Å². The van der Waals surface area contributed by atoms with E-state index in [0.717, 1.165) is 12.0 Å². The van der Waals surface area contributed by atoms with Gasteiger partial charge in [-0.15, -0.1) is 0 Å². The van der Waals surface area contributed by atoms with Gasteiger partial charge in [-0.3, -0.25) is 19.5 Å². The van der Waals surface area contributed by atoms with Gasteiger partial charge in [0.05, 0.1) is 18.3 Å². The largest absolute Gasteiger partial charge is 0.327 e. The van der Waals surface area contributed by atoms with E-state index < -0.39 is 12.1 Å². The van der Waals surface area contributed by atoms with E-state index in [4.69, 9.17) is 0 Å². The predicted molar refractivity (Wildman–Crippen MR) is 112 cm³/mol. The van der Waals surface area contributed by atoms with E-state index in [1.807, 2.05) is 37.3 Å². The molecule has 0 spiro atoms. The molecule has 2 saturated heterocycles. The maximum absolute atomic E-state index is 13.2. The van der Waals surface area contributed by atoms with E-state index in [9.17, 15) is 14.4 Å². The maximum atomic E-state index is 13.2. The Balaban J connectivity index is 1.55. The number of benzene rings is 1. The molecule has 2 aromatic rings. The number of nitrogens with zero attached hydrogens (tertiary/aromatic N) is 3. The zero-order valence-electron chi connectivity index (χ0n) is 16.9. The Morgan fingerprint density at radius 3 is 2.77 bits per heavy atom. The van der Waals surface area contributed by atoms with Gasteiger partial charge in [-0.1, -0.05) is 24.3 Å². The summed E-state index contributed by atoms with van der Waals surface area (Å²) in [5, 5.41) is 6.11. The summed E-state index contributed by atoms with van der Waals surface area (Å²) < 4.78 is 0. The van der Waals surface area contributed by atoms with E-state index in [2.05, 4.69) is 15.6 Å². The number of piperidine rings is 1. The highest BCUT2D eigenvalue weighted by Crippen LogP contribution is 2.26. The molecule has 0 bridgehead atoms. The van der Waals surface area contributed by atoms with Crippen LogP contribution in [0.3, 0.4) is 0 Å². The zero-order chi connectivity index (χ0) is 21.1. The summed E-state index contributed by atoms with van der Waals surface area (Å²) in [5.41, 5.74) is 2.28. The lowest BCUT2D eigenvalue weighted by molar-refractivity contribution is -0.138. The number of carbonyl (C=O) groups excluding carboxylic acids is 3. The monoisotopic (exact) mass is 407 g/mol. The molecule has 0 saturated carbocycles. The van der Waals surface area contributed by atoms with Crippen molar-refractivity contribution in [2.75, 3.05) is 18.4 Å². The Kier molecular flexibility index (Phi) is 5.76. The summed E-state index contributed by atoms with van der Waals surface area (Å²) in [6, 6.07) is 11.6. The number of hydrogen-bond acceptors (Lipinski definition) is 5. The number of pyridine rings is 1. The molecule has 8 nitrogen and oxygen atoms in total. The molecule has 2 unspecified atom stereocenters. The number of rotatable bonds is 5. The first-order chi connectivity index (χ1) is 14.5. The van der Waals surface area contributed by atoms with E-state index in [1.54, 1.807) is 18.3 Å². The molecule has 2 atom stereocenters. The number of nitrogens with one attached hydrogen (secondary N) is 2. The SMILES string of the molecule is Cc1ccccc1NC(=O)CN1C(=O)N(Cc2ccccn2)C(=O)C2NCCCC21. The van der Waals surface area contributed by atoms with Crippen molar-refractivity contribution in [1.82, 2.24) is 20.1 Å². The van der Waals surface area contributed by atoms with Gasteiger partial charge in [0.1, 0.15) is 12.6 Å². The number of hydrogen-bond donors (Lipinski definition) is 2. The quantitative estimate of drug-likeness (QED) is 0.790. The molecular weight excluding hydrogens is 382 g/mol. The summed E-state index contributed by atoms with van der Waals surface area (Å²) in [6.45, 7) is 2.60. The minimum atomic E-state index is -0.508. The van der Waals surface area contributed by atoms with Crippen LogP contribution in [0.5, 0.6) is 0 Å². The van der Waals surface area contributed by atoms with E-state index in [-0.39, 0.29) is 30.9 Å². The van der Waals surface area contributed by atoms with Crippen LogP contribution < -0.4 is 10.6 Å². The standard InChI is InChI=1S/C22H25N5O3/c1-15-7-2-3-9-17(15)25-19(28)14-26-18-10-6-12-24-20(18)21(29)27(22(26)30)13-16-8-4-5-11-23-16/h2-5,7-9,11,18,20,24H,6,10,12-14H2,1H3,(H,25,28). The average Bonchev–Trinajstić information content (AvgIpc) is 2.76. The molecule has 30 heavy (non-hydrogen) atoms. The Morgan fingerprint density at radius 1 is 1.20 bits per heavy atom. The molecule has 0 radical (unpaired) electrons. The van der Waals surface area contributed by atoms with Crippen LogP contribution in [-0.2, 0) is 16.1 Å². The van der Waals surface area contributed by atoms with Gasteiger partial charge in [0, 0.05) is 11.9 Å². The lowest BCUT2D eigenvalue weighted by Gasteiger charge is -2.46. The number of aromatic nitrogens is 1. The highest BCUT2D eigenvalue weighted by atomic mass is 16.2. The highest BCUT2D eigenvalue weighted by molar-refractivity contribution is 6.03. The van der Waals surface area contributed by atoms with Crippen LogP contribution in [0.15, 0.2) is 48.7 Å². The number of carbonyl (C=O) groups is 3. The molecule has 4 amide bonds. The zero-order valence-corrected chi connectivity index (χ0v) is 16.9. The number of anilines is 1. The Labute approximate surface area is 175 Å². The van der Waals surface area contributed by atoms with Gasteiger partial charge in [0.2, 0.25) is 11.8 Å². The third kappa shape index (κ3) is 4.04. The Morgan fingerprint density at radius 2 is 2.00 bits per heavy atom. The van der Waals surface area contributed by atoms with E-state index in [1.165, 1.54) is 9.80 Å². The Hall–Kier alpha value is -3.26. The van der Waals surface area contributed by atoms with Gasteiger partial charge in [0.15, 0.2) is 0 Å². The number of amides is 4. The molecule has 2 aliphatic rings. The van der Waals surface area contributed by atoms with Crippen LogP contribution >= 0.6 is 0 Å². The van der Waals surface area contributed by atoms with Gasteiger partial charge in [-0.2, -0.15) is 0 Å². The van der Waals surface area contributed by atoms with E-state index in [0.29, 0.717) is 24.3 Å². The van der Waals surface area contributed by atoms with Gasteiger partial charge in [0.25, 0.3) is 0 Å². The van der Waals surface area contributed by atoms with Crippen LogP contribution in [0, 0.1) is 6.92 Å². The van der Waals surface area contributed by atoms with Crippen LogP contribution in [0.25, 0.3) is 0 Å². The fraction of sp³-hybridized carbons (Fsp3) is 0.364. The normalized spacial score (nSPS) is 21.4. The van der Waals surface area contributed by atoms with Crippen molar-refractivity contribution < 1.29 is 14.4 Å². The summed E-state index contributed by atoms with van der Waals surface area (Å²) in [7, 11) is 0. The van der Waals surface area contributed by atoms with Crippen molar-refractivity contribution >= 4 is 23.5 Å². The van der Waals surface area contributed by atoms with Gasteiger partial charge < -0.3 is 15.5 Å². The van der Waals surface area contributed by atoms with Gasteiger partial charge in [-0.25, -0.2) is 4.79 Å². The van der Waals surface area contributed by atoms with Crippen LogP contribution in [-0.4, -0.2) is 57.8 Å². The molecule has 1 aromatic heterocycles. The third-order valence-electron chi connectivity index (χ3n) is 5.61. The maximum Gasteiger partial charge on any atom is 0.327 e. The number of urea groups is 1. The van der Waals surface area contributed by atoms with Crippen molar-refractivity contribution in [2.24, 2.45) is 0 Å². The van der Waals surface area contributed by atoms with Crippen molar-refractivity contribution in [3.8, 4) is 0 Å². The second kappa shape index (κ2) is 8.62. The summed E-state index contributed by atoms with van der Waals surface area (Å²) in [5.74, 6) is -0.542. The van der Waals surface area contributed by atoms with Crippen molar-refractivity contribution in [3.05, 3.63) is 59.9 Å². The first-order valence-corrected chi connectivity index (χ1v) is 10.2. The first-order valence-electron chi connectivity index (χ1n) is 10.2. The smallest absolute Gasteiger partial charge is 0.324 e. The number of aryl methyl sites for hydroxylation is 1. The molecule has 1 aromatic carbocycles. The first kappa shape index (κ1) is 20.0. The molecule has 2 fully saturated rings. The number of imide groups is 1. The molecule has 3 heterocycles. The van der Waals surface area contributed by atoms with Crippen molar-refractivity contribution in [1.29, 1.82) is 0 Å². The summed E-state index contributed by atoms with van der Waals surface area (Å²) in [4.78, 5) is 46.0. The molecule has 2 N–H and O–H groups in total. The van der Waals surface area contributed by atoms with Crippen LogP contribution in [0.4, 0.5) is 10.5 Å². The lowest BCUT2D eigenvalue weighted by Crippen LogP contribution is -2.70. The summed E-state index contributed by atoms with van der Waals surface area (Å²) in [6.07, 6.45) is 3.16. The lowest BCUT2D eigenvalue weighted by atomic mass is 9.93. The fourth-order valence-corrected chi connectivity index (χ4v) is 4.06. The number of para-hydroxylation sites is 1. The van der Waals surface area contributed by atoms with Crippen molar-refractivity contribution in [2.45, 2.75) is 38.4 Å². The second-order valence-corrected chi connectivity index (χ2v) is 7.66. The number of fused-ring (bicyclic) bond motifs is 1. The molecular formula is C22H25N5O3. The minimum absolute atomic E-state index is 0.0827. The topological polar surface area (TPSA) is 94.6 Å². The average molecular weight is 407 g/mol. The van der Waals surface area contributed by atoms with Gasteiger partial charge >= 0.3 is 6.03 Å². The van der Waals surface area contributed by atoms with Crippen LogP contribution in [0.2, 0.25) is 0 Å². The Bertz CT molecular complexity index is 949. The third-order valence-corrected chi connectivity index (χ3v) is 5.61. The fourth-order valence-electron chi connectivity index (χ4n) is 4.06. The molecule has 0 aliphatic carbocycles. The predicted octanol–water partition coefficient (Wildman–Crippen LogP) is 1.91. The molecule has 4 rings (SSSR count). The van der Waals surface area contributed by atoms with Crippen molar-refractivity contribution in [3.63, 3.8) is 0 Å². The van der Waals surface area contributed by atoms with Gasteiger partial charge in [-0.05, 0) is 50.1 Å². The minimum Gasteiger partial charge on any atom is -0.324 e. The molecule has 8 heteroatoms. The molecule has 156 valence electrons. The highest BCUT2D eigenvalue weighted by Gasteiger charge is 2.47.